The van der Waals surface area contributed by atoms with E-state index in [-0.39, 0.29) is 12.0 Å². The van der Waals surface area contributed by atoms with Gasteiger partial charge in [-0.1, -0.05) is 35.9 Å². The summed E-state index contributed by atoms with van der Waals surface area (Å²) in [6.07, 6.45) is 0.463. The number of methoxy groups -OCH3 is 1. The Morgan fingerprint density at radius 2 is 1.71 bits per heavy atom. The van der Waals surface area contributed by atoms with Crippen molar-refractivity contribution in [3.05, 3.63) is 59.2 Å². The van der Waals surface area contributed by atoms with Gasteiger partial charge in [0.15, 0.2) is 11.5 Å². The van der Waals surface area contributed by atoms with Gasteiger partial charge in [-0.05, 0) is 44.0 Å². The van der Waals surface area contributed by atoms with Crippen molar-refractivity contribution in [2.45, 2.75) is 39.8 Å². The first-order valence-corrected chi connectivity index (χ1v) is 8.13. The van der Waals surface area contributed by atoms with Gasteiger partial charge in [-0.25, -0.2) is 0 Å². The Morgan fingerprint density at radius 1 is 1.04 bits per heavy atom. The topological polar surface area (TPSA) is 47.6 Å². The van der Waals surface area contributed by atoms with Crippen LogP contribution in [-0.4, -0.2) is 19.1 Å². The van der Waals surface area contributed by atoms with Crippen LogP contribution < -0.4 is 14.8 Å². The van der Waals surface area contributed by atoms with Crippen LogP contribution in [0.4, 0.5) is 0 Å². The van der Waals surface area contributed by atoms with Gasteiger partial charge in [-0.3, -0.25) is 4.79 Å². The molecular formula is C20H25NO3. The minimum Gasteiger partial charge on any atom is -0.493 e. The first-order chi connectivity index (χ1) is 11.5. The standard InChI is InChI=1S/C20H25NO3/c1-14(2)24-18-10-9-17(11-19(18)23-4)13-21-20(22)12-16-7-5-15(3)6-8-16/h5-11,14H,12-13H2,1-4H3,(H,21,22). The van der Waals surface area contributed by atoms with Gasteiger partial charge in [0, 0.05) is 6.54 Å². The molecule has 4 nitrogen and oxygen atoms in total. The maximum atomic E-state index is 12.1. The molecule has 0 aliphatic rings. The number of carbonyl (C=O) groups is 1. The molecule has 1 N–H and O–H groups in total. The van der Waals surface area contributed by atoms with E-state index in [4.69, 9.17) is 9.47 Å². The molecule has 1 amide bonds. The van der Waals surface area contributed by atoms with E-state index in [1.54, 1.807) is 7.11 Å². The van der Waals surface area contributed by atoms with E-state index in [0.29, 0.717) is 24.5 Å². The number of hydrogen-bond donors (Lipinski definition) is 1. The minimum absolute atomic E-state index is 0.000303. The number of benzene rings is 2. The number of hydrogen-bond acceptors (Lipinski definition) is 3. The van der Waals surface area contributed by atoms with Crippen LogP contribution in [0.15, 0.2) is 42.5 Å². The van der Waals surface area contributed by atoms with Crippen molar-refractivity contribution in [3.8, 4) is 11.5 Å². The molecule has 0 unspecified atom stereocenters. The van der Waals surface area contributed by atoms with Crippen LogP contribution in [-0.2, 0) is 17.8 Å². The van der Waals surface area contributed by atoms with Crippen molar-refractivity contribution in [2.75, 3.05) is 7.11 Å². The monoisotopic (exact) mass is 327 g/mol. The van der Waals surface area contributed by atoms with Gasteiger partial charge in [0.05, 0.1) is 19.6 Å². The molecule has 0 aliphatic heterocycles. The van der Waals surface area contributed by atoms with E-state index >= 15 is 0 Å². The summed E-state index contributed by atoms with van der Waals surface area (Å²) in [5.74, 6) is 1.39. The number of aryl methyl sites for hydroxylation is 1. The zero-order valence-electron chi connectivity index (χ0n) is 14.8. The second-order valence-electron chi connectivity index (χ2n) is 6.09. The predicted molar refractivity (Wildman–Crippen MR) is 95.5 cm³/mol. The van der Waals surface area contributed by atoms with Crippen LogP contribution in [0.2, 0.25) is 0 Å². The molecule has 0 atom stereocenters. The van der Waals surface area contributed by atoms with Crippen LogP contribution >= 0.6 is 0 Å². The average molecular weight is 327 g/mol. The van der Waals surface area contributed by atoms with Crippen LogP contribution in [0.3, 0.4) is 0 Å². The molecule has 0 spiro atoms. The summed E-state index contributed by atoms with van der Waals surface area (Å²) in [7, 11) is 1.61. The summed E-state index contributed by atoms with van der Waals surface area (Å²) in [6, 6.07) is 13.7. The van der Waals surface area contributed by atoms with Gasteiger partial charge in [0.2, 0.25) is 5.91 Å². The fourth-order valence-corrected chi connectivity index (χ4v) is 2.33. The predicted octanol–water partition coefficient (Wildman–Crippen LogP) is 3.65. The summed E-state index contributed by atoms with van der Waals surface area (Å²) < 4.78 is 11.1. The van der Waals surface area contributed by atoms with Crippen molar-refractivity contribution in [1.29, 1.82) is 0 Å². The minimum atomic E-state index is 0.000303. The molecule has 0 heterocycles. The lowest BCUT2D eigenvalue weighted by atomic mass is 10.1. The van der Waals surface area contributed by atoms with E-state index in [1.807, 2.05) is 63.2 Å². The summed E-state index contributed by atoms with van der Waals surface area (Å²) in [5, 5.41) is 2.94. The normalized spacial score (nSPS) is 10.5. The molecule has 2 aromatic carbocycles. The highest BCUT2D eigenvalue weighted by atomic mass is 16.5. The third-order valence-electron chi connectivity index (χ3n) is 3.57. The third-order valence-corrected chi connectivity index (χ3v) is 3.57. The van der Waals surface area contributed by atoms with Gasteiger partial charge in [0.1, 0.15) is 0 Å². The van der Waals surface area contributed by atoms with Gasteiger partial charge < -0.3 is 14.8 Å². The Bertz CT molecular complexity index is 678. The molecule has 128 valence electrons. The summed E-state index contributed by atoms with van der Waals surface area (Å²) in [5.41, 5.74) is 3.17. The SMILES string of the molecule is COc1cc(CNC(=O)Cc2ccc(C)cc2)ccc1OC(C)C. The summed E-state index contributed by atoms with van der Waals surface area (Å²) >= 11 is 0. The van der Waals surface area contributed by atoms with Crippen molar-refractivity contribution in [2.24, 2.45) is 0 Å². The first kappa shape index (κ1) is 17.9. The number of rotatable bonds is 7. The van der Waals surface area contributed by atoms with Crippen molar-refractivity contribution >= 4 is 5.91 Å². The Morgan fingerprint density at radius 3 is 2.33 bits per heavy atom. The zero-order chi connectivity index (χ0) is 17.5. The van der Waals surface area contributed by atoms with E-state index in [2.05, 4.69) is 5.32 Å². The molecule has 0 saturated carbocycles. The molecule has 4 heteroatoms. The molecule has 0 fully saturated rings. The van der Waals surface area contributed by atoms with Crippen molar-refractivity contribution < 1.29 is 14.3 Å². The number of amides is 1. The summed E-state index contributed by atoms with van der Waals surface area (Å²) in [6.45, 7) is 6.43. The Labute approximate surface area is 143 Å². The molecule has 2 rings (SSSR count). The molecule has 24 heavy (non-hydrogen) atoms. The van der Waals surface area contributed by atoms with E-state index in [0.717, 1.165) is 11.1 Å². The second-order valence-corrected chi connectivity index (χ2v) is 6.09. The van der Waals surface area contributed by atoms with Crippen LogP contribution in [0.1, 0.15) is 30.5 Å². The number of nitrogens with one attached hydrogen (secondary N) is 1. The lowest BCUT2D eigenvalue weighted by Gasteiger charge is -2.14. The highest BCUT2D eigenvalue weighted by molar-refractivity contribution is 5.78. The van der Waals surface area contributed by atoms with Crippen molar-refractivity contribution in [3.63, 3.8) is 0 Å². The summed E-state index contributed by atoms with van der Waals surface area (Å²) in [4.78, 5) is 12.1. The fourth-order valence-electron chi connectivity index (χ4n) is 2.33. The van der Waals surface area contributed by atoms with E-state index in [1.165, 1.54) is 5.56 Å². The molecule has 0 radical (unpaired) electrons. The van der Waals surface area contributed by atoms with Crippen molar-refractivity contribution in [1.82, 2.24) is 5.32 Å². The highest BCUT2D eigenvalue weighted by Crippen LogP contribution is 2.28. The number of carbonyl (C=O) groups excluding carboxylic acids is 1. The number of ether oxygens (including phenoxy) is 2. The Balaban J connectivity index is 1.93. The molecule has 0 saturated heterocycles. The molecule has 2 aromatic rings. The molecule has 0 aliphatic carbocycles. The second kappa shape index (κ2) is 8.39. The Kier molecular flexibility index (Phi) is 6.24. The third kappa shape index (κ3) is 5.30. The van der Waals surface area contributed by atoms with Gasteiger partial charge in [-0.15, -0.1) is 0 Å². The maximum Gasteiger partial charge on any atom is 0.224 e. The molecule has 0 aromatic heterocycles. The molecule has 0 bridgehead atoms. The lowest BCUT2D eigenvalue weighted by molar-refractivity contribution is -0.120. The maximum absolute atomic E-state index is 12.1. The Hall–Kier alpha value is -2.49. The van der Waals surface area contributed by atoms with Crippen LogP contribution in [0.5, 0.6) is 11.5 Å². The van der Waals surface area contributed by atoms with Gasteiger partial charge >= 0.3 is 0 Å². The average Bonchev–Trinajstić information content (AvgIpc) is 2.55. The fraction of sp³-hybridized carbons (Fsp3) is 0.350. The smallest absolute Gasteiger partial charge is 0.224 e. The van der Waals surface area contributed by atoms with Gasteiger partial charge in [0.25, 0.3) is 0 Å². The quantitative estimate of drug-likeness (QED) is 0.844. The van der Waals surface area contributed by atoms with Crippen LogP contribution in [0, 0.1) is 6.92 Å². The van der Waals surface area contributed by atoms with E-state index < -0.39 is 0 Å². The largest absolute Gasteiger partial charge is 0.493 e. The first-order valence-electron chi connectivity index (χ1n) is 8.13. The van der Waals surface area contributed by atoms with Crippen LogP contribution in [0.25, 0.3) is 0 Å². The highest BCUT2D eigenvalue weighted by Gasteiger charge is 2.09. The van der Waals surface area contributed by atoms with Gasteiger partial charge in [-0.2, -0.15) is 0 Å². The zero-order valence-corrected chi connectivity index (χ0v) is 14.8. The lowest BCUT2D eigenvalue weighted by Crippen LogP contribution is -2.24. The molecular weight excluding hydrogens is 302 g/mol. The van der Waals surface area contributed by atoms with E-state index in [9.17, 15) is 4.79 Å².